The fourth-order valence-electron chi connectivity index (χ4n) is 3.15. The molecule has 0 aromatic heterocycles. The molecule has 1 amide bonds. The number of fused-ring (bicyclic) bond motifs is 1. The van der Waals surface area contributed by atoms with Gasteiger partial charge in [0.05, 0.1) is 11.4 Å². The highest BCUT2D eigenvalue weighted by Crippen LogP contribution is 2.33. The van der Waals surface area contributed by atoms with E-state index in [-0.39, 0.29) is 23.4 Å². The minimum atomic E-state index is -3.73. The summed E-state index contributed by atoms with van der Waals surface area (Å²) in [5.74, 6) is -0.107. The van der Waals surface area contributed by atoms with Crippen molar-refractivity contribution in [3.8, 4) is 0 Å². The van der Waals surface area contributed by atoms with Crippen LogP contribution in [0.4, 0.5) is 11.4 Å². The van der Waals surface area contributed by atoms with Crippen molar-refractivity contribution in [2.24, 2.45) is 5.14 Å². The Hall–Kier alpha value is -2.38. The highest BCUT2D eigenvalue weighted by atomic mass is 32.2. The SMILES string of the molecule is Cc1ccccc1NC(=O)CN1c2ccc(S(N)(=O)=O)cc2C[C@H]1C. The van der Waals surface area contributed by atoms with Gasteiger partial charge in [-0.1, -0.05) is 18.2 Å². The third-order valence-electron chi connectivity index (χ3n) is 4.47. The number of hydrogen-bond donors (Lipinski definition) is 2. The Bertz CT molecular complexity index is 925. The van der Waals surface area contributed by atoms with Crippen LogP contribution < -0.4 is 15.4 Å². The molecule has 0 radical (unpaired) electrons. The molecule has 6 nitrogen and oxygen atoms in total. The third-order valence-corrected chi connectivity index (χ3v) is 5.38. The van der Waals surface area contributed by atoms with Crippen LogP contribution in [0, 0.1) is 6.92 Å². The summed E-state index contributed by atoms with van der Waals surface area (Å²) in [6.45, 7) is 4.16. The van der Waals surface area contributed by atoms with Gasteiger partial charge in [-0.25, -0.2) is 13.6 Å². The Morgan fingerprint density at radius 2 is 2.00 bits per heavy atom. The van der Waals surface area contributed by atoms with Gasteiger partial charge in [-0.15, -0.1) is 0 Å². The van der Waals surface area contributed by atoms with E-state index in [0.29, 0.717) is 6.42 Å². The quantitative estimate of drug-likeness (QED) is 0.874. The number of benzene rings is 2. The summed E-state index contributed by atoms with van der Waals surface area (Å²) in [6.07, 6.45) is 0.677. The van der Waals surface area contributed by atoms with Crippen LogP contribution in [0.1, 0.15) is 18.1 Å². The molecule has 1 aliphatic rings. The molecule has 0 saturated carbocycles. The molecule has 0 bridgehead atoms. The first kappa shape index (κ1) is 17.4. The van der Waals surface area contributed by atoms with E-state index in [2.05, 4.69) is 5.32 Å². The van der Waals surface area contributed by atoms with Gasteiger partial charge in [0.15, 0.2) is 0 Å². The van der Waals surface area contributed by atoms with Gasteiger partial charge in [-0.2, -0.15) is 0 Å². The van der Waals surface area contributed by atoms with Crippen molar-refractivity contribution < 1.29 is 13.2 Å². The van der Waals surface area contributed by atoms with Crippen molar-refractivity contribution in [3.63, 3.8) is 0 Å². The molecular weight excluding hydrogens is 338 g/mol. The maximum Gasteiger partial charge on any atom is 0.243 e. The Balaban J connectivity index is 1.78. The molecule has 0 aliphatic carbocycles. The van der Waals surface area contributed by atoms with Crippen molar-refractivity contribution in [2.45, 2.75) is 31.2 Å². The van der Waals surface area contributed by atoms with Gasteiger partial charge in [0.1, 0.15) is 0 Å². The molecule has 0 unspecified atom stereocenters. The van der Waals surface area contributed by atoms with Crippen LogP contribution in [-0.2, 0) is 21.2 Å². The second-order valence-electron chi connectivity index (χ2n) is 6.38. The second-order valence-corrected chi connectivity index (χ2v) is 7.94. The van der Waals surface area contributed by atoms with Crippen molar-refractivity contribution in [1.29, 1.82) is 0 Å². The van der Waals surface area contributed by atoms with E-state index in [9.17, 15) is 13.2 Å². The normalized spacial score (nSPS) is 16.6. The number of amides is 1. The summed E-state index contributed by atoms with van der Waals surface area (Å²) in [7, 11) is -3.73. The van der Waals surface area contributed by atoms with Gasteiger partial charge in [0.2, 0.25) is 15.9 Å². The van der Waals surface area contributed by atoms with Crippen LogP contribution in [0.5, 0.6) is 0 Å². The van der Waals surface area contributed by atoms with Crippen molar-refractivity contribution in [1.82, 2.24) is 0 Å². The summed E-state index contributed by atoms with van der Waals surface area (Å²) in [5, 5.41) is 8.12. The van der Waals surface area contributed by atoms with Crippen molar-refractivity contribution >= 4 is 27.3 Å². The zero-order chi connectivity index (χ0) is 18.2. The van der Waals surface area contributed by atoms with Gasteiger partial charge in [0, 0.05) is 17.4 Å². The molecule has 1 heterocycles. The lowest BCUT2D eigenvalue weighted by Gasteiger charge is -2.24. The molecule has 0 fully saturated rings. The van der Waals surface area contributed by atoms with E-state index in [0.717, 1.165) is 22.5 Å². The fraction of sp³-hybridized carbons (Fsp3) is 0.278. The van der Waals surface area contributed by atoms with Gasteiger partial charge in [0.25, 0.3) is 0 Å². The molecule has 3 rings (SSSR count). The predicted molar refractivity (Wildman–Crippen MR) is 98.1 cm³/mol. The minimum absolute atomic E-state index is 0.102. The molecule has 0 spiro atoms. The minimum Gasteiger partial charge on any atom is -0.359 e. The van der Waals surface area contributed by atoms with Crippen molar-refractivity contribution in [2.75, 3.05) is 16.8 Å². The molecule has 2 aromatic rings. The number of nitrogens with two attached hydrogens (primary N) is 1. The van der Waals surface area contributed by atoms with E-state index < -0.39 is 10.0 Å². The first-order valence-electron chi connectivity index (χ1n) is 8.03. The number of nitrogens with one attached hydrogen (secondary N) is 1. The van der Waals surface area contributed by atoms with Gasteiger partial charge in [-0.3, -0.25) is 4.79 Å². The van der Waals surface area contributed by atoms with Gasteiger partial charge in [-0.05, 0) is 55.7 Å². The van der Waals surface area contributed by atoms with Crippen LogP contribution in [-0.4, -0.2) is 26.9 Å². The lowest BCUT2D eigenvalue weighted by atomic mass is 10.1. The van der Waals surface area contributed by atoms with Crippen molar-refractivity contribution in [3.05, 3.63) is 53.6 Å². The third kappa shape index (κ3) is 3.67. The zero-order valence-corrected chi connectivity index (χ0v) is 15.0. The molecule has 0 saturated heterocycles. The maximum atomic E-state index is 12.4. The van der Waals surface area contributed by atoms with E-state index in [4.69, 9.17) is 5.14 Å². The summed E-state index contributed by atoms with van der Waals surface area (Å²) >= 11 is 0. The van der Waals surface area contributed by atoms with Crippen LogP contribution in [0.15, 0.2) is 47.4 Å². The standard InChI is InChI=1S/C18H21N3O3S/c1-12-5-3-4-6-16(12)20-18(22)11-21-13(2)9-14-10-15(25(19,23)24)7-8-17(14)21/h3-8,10,13H,9,11H2,1-2H3,(H,20,22)(H2,19,23,24)/t13-/m1/s1. The van der Waals surface area contributed by atoms with Gasteiger partial charge >= 0.3 is 0 Å². The largest absolute Gasteiger partial charge is 0.359 e. The zero-order valence-electron chi connectivity index (χ0n) is 14.2. The molecule has 3 N–H and O–H groups in total. The summed E-state index contributed by atoms with van der Waals surface area (Å²) in [5.41, 5.74) is 3.57. The number of primary sulfonamides is 1. The lowest BCUT2D eigenvalue weighted by Crippen LogP contribution is -2.37. The first-order valence-corrected chi connectivity index (χ1v) is 9.58. The fourth-order valence-corrected chi connectivity index (χ4v) is 3.71. The highest BCUT2D eigenvalue weighted by molar-refractivity contribution is 7.89. The van der Waals surface area contributed by atoms with E-state index in [1.54, 1.807) is 12.1 Å². The topological polar surface area (TPSA) is 92.5 Å². The van der Waals surface area contributed by atoms with Crippen LogP contribution in [0.25, 0.3) is 0 Å². The molecule has 1 atom stereocenters. The lowest BCUT2D eigenvalue weighted by molar-refractivity contribution is -0.115. The maximum absolute atomic E-state index is 12.4. The number of rotatable bonds is 4. The molecule has 132 valence electrons. The highest BCUT2D eigenvalue weighted by Gasteiger charge is 2.28. The Labute approximate surface area is 147 Å². The number of nitrogens with zero attached hydrogens (tertiary/aromatic N) is 1. The van der Waals surface area contributed by atoms with Gasteiger partial charge < -0.3 is 10.2 Å². The van der Waals surface area contributed by atoms with E-state index in [1.165, 1.54) is 6.07 Å². The summed E-state index contributed by atoms with van der Waals surface area (Å²) in [4.78, 5) is 14.5. The van der Waals surface area contributed by atoms with Crippen LogP contribution >= 0.6 is 0 Å². The summed E-state index contributed by atoms with van der Waals surface area (Å²) in [6, 6.07) is 12.5. The number of para-hydroxylation sites is 1. The molecular formula is C18H21N3O3S. The molecule has 7 heteroatoms. The molecule has 25 heavy (non-hydrogen) atoms. The number of aryl methyl sites for hydroxylation is 1. The Morgan fingerprint density at radius 1 is 1.28 bits per heavy atom. The number of hydrogen-bond acceptors (Lipinski definition) is 4. The molecule has 2 aromatic carbocycles. The second kappa shape index (κ2) is 6.50. The smallest absolute Gasteiger partial charge is 0.243 e. The summed E-state index contributed by atoms with van der Waals surface area (Å²) < 4.78 is 23.0. The number of sulfonamides is 1. The average molecular weight is 359 g/mol. The van der Waals surface area contributed by atoms with E-state index in [1.807, 2.05) is 43.0 Å². The number of carbonyl (C=O) groups is 1. The average Bonchev–Trinajstić information content (AvgIpc) is 2.84. The van der Waals surface area contributed by atoms with Crippen LogP contribution in [0.3, 0.4) is 0 Å². The Morgan fingerprint density at radius 3 is 2.68 bits per heavy atom. The number of carbonyl (C=O) groups excluding carboxylic acids is 1. The van der Waals surface area contributed by atoms with Crippen LogP contribution in [0.2, 0.25) is 0 Å². The monoisotopic (exact) mass is 359 g/mol. The number of anilines is 2. The predicted octanol–water partition coefficient (Wildman–Crippen LogP) is 2.03. The Kier molecular flexibility index (Phi) is 4.53. The molecule has 1 aliphatic heterocycles. The first-order chi connectivity index (χ1) is 11.8. The van der Waals surface area contributed by atoms with E-state index >= 15 is 0 Å².